The Bertz CT molecular complexity index is 578. The van der Waals surface area contributed by atoms with Gasteiger partial charge in [-0.1, -0.05) is 12.1 Å². The molecule has 0 aliphatic heterocycles. The van der Waals surface area contributed by atoms with Gasteiger partial charge in [0.2, 0.25) is 0 Å². The van der Waals surface area contributed by atoms with E-state index in [4.69, 9.17) is 5.26 Å². The maximum atomic E-state index is 12.9. The van der Waals surface area contributed by atoms with Crippen molar-refractivity contribution in [2.24, 2.45) is 0 Å². The highest BCUT2D eigenvalue weighted by atomic mass is 19.4. The zero-order valence-corrected chi connectivity index (χ0v) is 12.2. The van der Waals surface area contributed by atoms with Crippen LogP contribution in [0.25, 0.3) is 0 Å². The van der Waals surface area contributed by atoms with Crippen LogP contribution in [0.5, 0.6) is 0 Å². The van der Waals surface area contributed by atoms with Crippen LogP contribution >= 0.6 is 0 Å². The Balaban J connectivity index is 3.41. The molecule has 1 rings (SSSR count). The molecule has 0 unspecified atom stereocenters. The molecule has 0 amide bonds. The number of nitriles is 1. The Hall–Kier alpha value is -1.95. The van der Waals surface area contributed by atoms with Crippen LogP contribution in [0, 0.1) is 25.2 Å². The van der Waals surface area contributed by atoms with Gasteiger partial charge in [0.1, 0.15) is 0 Å². The van der Waals surface area contributed by atoms with Crippen molar-refractivity contribution in [3.05, 3.63) is 28.8 Å². The highest BCUT2D eigenvalue weighted by molar-refractivity contribution is 5.59. The summed E-state index contributed by atoms with van der Waals surface area (Å²) in [5.74, 6) is 0. The average Bonchev–Trinajstić information content (AvgIpc) is 2.38. The first-order valence-corrected chi connectivity index (χ1v) is 6.44. The Morgan fingerprint density at radius 3 is 1.83 bits per heavy atom. The van der Waals surface area contributed by atoms with Gasteiger partial charge in [0.05, 0.1) is 12.5 Å². The molecule has 0 saturated carbocycles. The Labute approximate surface area is 128 Å². The van der Waals surface area contributed by atoms with Gasteiger partial charge in [0.25, 0.3) is 5.60 Å². The molecule has 9 heteroatoms. The third kappa shape index (κ3) is 3.52. The summed E-state index contributed by atoms with van der Waals surface area (Å²) >= 11 is 0. The molecule has 0 fully saturated rings. The molecule has 128 valence electrons. The SMILES string of the molecule is Cc1cc(C(O)(C(F)(F)F)C(F)(F)F)cc(C)c1NCCC#N. The molecule has 23 heavy (non-hydrogen) atoms. The molecule has 0 aromatic heterocycles. The third-order valence-corrected chi connectivity index (χ3v) is 3.31. The zero-order valence-electron chi connectivity index (χ0n) is 12.2. The van der Waals surface area contributed by atoms with Gasteiger partial charge in [-0.2, -0.15) is 31.6 Å². The molecule has 0 spiro atoms. The molecule has 3 nitrogen and oxygen atoms in total. The molecule has 1 aromatic carbocycles. The molecule has 0 saturated heterocycles. The van der Waals surface area contributed by atoms with Gasteiger partial charge in [-0.05, 0) is 25.0 Å². The van der Waals surface area contributed by atoms with E-state index in [9.17, 15) is 31.4 Å². The summed E-state index contributed by atoms with van der Waals surface area (Å²) in [6, 6.07) is 3.14. The number of alkyl halides is 6. The number of benzene rings is 1. The van der Waals surface area contributed by atoms with Crippen LogP contribution in [0.15, 0.2) is 12.1 Å². The van der Waals surface area contributed by atoms with Crippen LogP contribution < -0.4 is 5.32 Å². The van der Waals surface area contributed by atoms with E-state index >= 15 is 0 Å². The highest BCUT2D eigenvalue weighted by Crippen LogP contribution is 2.50. The van der Waals surface area contributed by atoms with Crippen molar-refractivity contribution >= 4 is 5.69 Å². The van der Waals surface area contributed by atoms with Crippen LogP contribution in [0.3, 0.4) is 0 Å². The quantitative estimate of drug-likeness (QED) is 0.645. The van der Waals surface area contributed by atoms with E-state index in [1.807, 2.05) is 6.07 Å². The molecule has 0 atom stereocenters. The predicted molar refractivity (Wildman–Crippen MR) is 70.6 cm³/mol. The van der Waals surface area contributed by atoms with E-state index < -0.39 is 23.5 Å². The van der Waals surface area contributed by atoms with Crippen molar-refractivity contribution < 1.29 is 31.4 Å². The smallest absolute Gasteiger partial charge is 0.384 e. The number of anilines is 1. The summed E-state index contributed by atoms with van der Waals surface area (Å²) in [5.41, 5.74) is -5.70. The highest BCUT2D eigenvalue weighted by Gasteiger charge is 2.71. The lowest BCUT2D eigenvalue weighted by Gasteiger charge is -2.33. The van der Waals surface area contributed by atoms with E-state index in [0.29, 0.717) is 17.8 Å². The van der Waals surface area contributed by atoms with Crippen LogP contribution in [0.4, 0.5) is 32.0 Å². The fourth-order valence-electron chi connectivity index (χ4n) is 2.18. The normalized spacial score (nSPS) is 12.9. The van der Waals surface area contributed by atoms with Crippen molar-refractivity contribution in [2.75, 3.05) is 11.9 Å². The van der Waals surface area contributed by atoms with E-state index in [1.54, 1.807) is 0 Å². The third-order valence-electron chi connectivity index (χ3n) is 3.31. The topological polar surface area (TPSA) is 56.0 Å². The summed E-state index contributed by atoms with van der Waals surface area (Å²) in [7, 11) is 0. The van der Waals surface area contributed by atoms with Crippen LogP contribution in [0.1, 0.15) is 23.1 Å². The standard InChI is InChI=1S/C14H14F6N2O/c1-8-6-10(7-9(2)11(8)22-5-3-4-21)12(23,13(15,16)17)14(18,19)20/h6-7,22-23H,3,5H2,1-2H3. The molecule has 0 aliphatic carbocycles. The first-order chi connectivity index (χ1) is 10.4. The van der Waals surface area contributed by atoms with Crippen molar-refractivity contribution in [3.8, 4) is 6.07 Å². The van der Waals surface area contributed by atoms with Crippen LogP contribution in [-0.4, -0.2) is 24.0 Å². The molecular formula is C14H14F6N2O. The fraction of sp³-hybridized carbons (Fsp3) is 0.500. The average molecular weight is 340 g/mol. The number of hydrogen-bond donors (Lipinski definition) is 2. The molecule has 0 radical (unpaired) electrons. The number of halogens is 6. The van der Waals surface area contributed by atoms with E-state index in [-0.39, 0.29) is 24.1 Å². The largest absolute Gasteiger partial charge is 0.430 e. The first kappa shape index (κ1) is 19.1. The number of aliphatic hydroxyl groups is 1. The summed E-state index contributed by atoms with van der Waals surface area (Å²) in [6.45, 7) is 2.83. The van der Waals surface area contributed by atoms with Gasteiger partial charge >= 0.3 is 12.4 Å². The maximum absolute atomic E-state index is 12.9. The van der Waals surface area contributed by atoms with Crippen LogP contribution in [0.2, 0.25) is 0 Å². The number of nitrogens with one attached hydrogen (secondary N) is 1. The lowest BCUT2D eigenvalue weighted by atomic mass is 9.89. The molecular weight excluding hydrogens is 326 g/mol. The van der Waals surface area contributed by atoms with E-state index in [2.05, 4.69) is 5.32 Å². The van der Waals surface area contributed by atoms with Gasteiger partial charge < -0.3 is 10.4 Å². The van der Waals surface area contributed by atoms with Crippen LogP contribution in [-0.2, 0) is 5.60 Å². The second-order valence-corrected chi connectivity index (χ2v) is 5.03. The van der Waals surface area contributed by atoms with Gasteiger partial charge in [-0.25, -0.2) is 0 Å². The van der Waals surface area contributed by atoms with Gasteiger partial charge in [-0.15, -0.1) is 0 Å². The monoisotopic (exact) mass is 340 g/mol. The summed E-state index contributed by atoms with van der Waals surface area (Å²) in [6.07, 6.45) is -11.7. The van der Waals surface area contributed by atoms with E-state index in [0.717, 1.165) is 0 Å². The van der Waals surface area contributed by atoms with Gasteiger partial charge in [0.15, 0.2) is 0 Å². The van der Waals surface area contributed by atoms with Crippen molar-refractivity contribution in [1.29, 1.82) is 5.26 Å². The number of rotatable bonds is 4. The van der Waals surface area contributed by atoms with Gasteiger partial charge in [-0.3, -0.25) is 0 Å². The summed E-state index contributed by atoms with van der Waals surface area (Å²) in [5, 5.41) is 20.6. The lowest BCUT2D eigenvalue weighted by molar-refractivity contribution is -0.376. The minimum atomic E-state index is -5.92. The Morgan fingerprint density at radius 2 is 1.48 bits per heavy atom. The summed E-state index contributed by atoms with van der Waals surface area (Å²) in [4.78, 5) is 0. The molecule has 1 aromatic rings. The number of hydrogen-bond acceptors (Lipinski definition) is 3. The Morgan fingerprint density at radius 1 is 1.04 bits per heavy atom. The molecule has 0 bridgehead atoms. The Kier molecular flexibility index (Phi) is 5.21. The molecule has 0 heterocycles. The minimum absolute atomic E-state index is 0.102. The second kappa shape index (κ2) is 6.28. The van der Waals surface area contributed by atoms with E-state index in [1.165, 1.54) is 13.8 Å². The fourth-order valence-corrected chi connectivity index (χ4v) is 2.18. The predicted octanol–water partition coefficient (Wildman–Crippen LogP) is 3.94. The molecule has 2 N–H and O–H groups in total. The van der Waals surface area contributed by atoms with Crippen molar-refractivity contribution in [1.82, 2.24) is 0 Å². The second-order valence-electron chi connectivity index (χ2n) is 5.03. The summed E-state index contributed by atoms with van der Waals surface area (Å²) < 4.78 is 77.3. The number of nitrogens with zero attached hydrogens (tertiary/aromatic N) is 1. The molecule has 0 aliphatic rings. The number of aryl methyl sites for hydroxylation is 2. The van der Waals surface area contributed by atoms with Crippen molar-refractivity contribution in [2.45, 2.75) is 38.2 Å². The van der Waals surface area contributed by atoms with Gasteiger partial charge in [0, 0.05) is 17.8 Å². The zero-order chi connectivity index (χ0) is 18.1. The maximum Gasteiger partial charge on any atom is 0.430 e. The van der Waals surface area contributed by atoms with Crippen molar-refractivity contribution in [3.63, 3.8) is 0 Å². The first-order valence-electron chi connectivity index (χ1n) is 6.44. The lowest BCUT2D eigenvalue weighted by Crippen LogP contribution is -2.54. The minimum Gasteiger partial charge on any atom is -0.384 e.